The first-order chi connectivity index (χ1) is 13.8. The van der Waals surface area contributed by atoms with E-state index < -0.39 is 0 Å². The molecule has 150 valence electrons. The molecule has 1 atom stereocenters. The SMILES string of the molecule is Cn1ccc2c(NC(=O)C3CN(Cc4ccccc4)C(C)(C)C3)cccc2c1=O. The van der Waals surface area contributed by atoms with Crippen LogP contribution in [-0.2, 0) is 18.4 Å². The highest BCUT2D eigenvalue weighted by Gasteiger charge is 2.41. The van der Waals surface area contributed by atoms with Crippen LogP contribution in [0.4, 0.5) is 5.69 Å². The van der Waals surface area contributed by atoms with Crippen LogP contribution in [0.25, 0.3) is 10.8 Å². The Balaban J connectivity index is 1.53. The predicted octanol–water partition coefficient (Wildman–Crippen LogP) is 3.78. The molecule has 0 saturated carbocycles. The quantitative estimate of drug-likeness (QED) is 0.739. The number of aromatic nitrogens is 1. The van der Waals surface area contributed by atoms with Crippen molar-refractivity contribution in [1.29, 1.82) is 0 Å². The normalized spacial score (nSPS) is 18.8. The Bertz CT molecular complexity index is 1100. The Morgan fingerprint density at radius 2 is 1.83 bits per heavy atom. The number of carbonyl (C=O) groups is 1. The third-order valence-electron chi connectivity index (χ3n) is 6.01. The van der Waals surface area contributed by atoms with Gasteiger partial charge in [0.1, 0.15) is 0 Å². The number of anilines is 1. The zero-order valence-corrected chi connectivity index (χ0v) is 17.2. The first-order valence-corrected chi connectivity index (χ1v) is 10.0. The molecule has 1 aliphatic rings. The summed E-state index contributed by atoms with van der Waals surface area (Å²) in [4.78, 5) is 27.8. The third-order valence-corrected chi connectivity index (χ3v) is 6.01. The van der Waals surface area contributed by atoms with E-state index in [9.17, 15) is 9.59 Å². The van der Waals surface area contributed by atoms with Crippen LogP contribution in [0.2, 0.25) is 0 Å². The molecule has 29 heavy (non-hydrogen) atoms. The number of carbonyl (C=O) groups excluding carboxylic acids is 1. The maximum atomic E-state index is 13.1. The second-order valence-corrected chi connectivity index (χ2v) is 8.57. The standard InChI is InChI=1S/C24H27N3O2/c1-24(2)14-18(16-27(24)15-17-8-5-4-6-9-17)22(28)25-21-11-7-10-20-19(21)12-13-26(3)23(20)29/h4-13,18H,14-16H2,1-3H3,(H,25,28). The molecule has 1 aliphatic heterocycles. The van der Waals surface area contributed by atoms with Crippen LogP contribution in [0.5, 0.6) is 0 Å². The molecule has 1 aromatic heterocycles. The van der Waals surface area contributed by atoms with Crippen LogP contribution in [-0.4, -0.2) is 27.5 Å². The van der Waals surface area contributed by atoms with Crippen molar-refractivity contribution in [2.75, 3.05) is 11.9 Å². The summed E-state index contributed by atoms with van der Waals surface area (Å²) < 4.78 is 1.55. The highest BCUT2D eigenvalue weighted by molar-refractivity contribution is 6.02. The number of amides is 1. The number of rotatable bonds is 4. The predicted molar refractivity (Wildman–Crippen MR) is 117 cm³/mol. The molecule has 0 spiro atoms. The van der Waals surface area contributed by atoms with Gasteiger partial charge in [-0.2, -0.15) is 0 Å². The zero-order chi connectivity index (χ0) is 20.6. The Kier molecular flexibility index (Phi) is 5.01. The number of likely N-dealkylation sites (tertiary alicyclic amines) is 1. The smallest absolute Gasteiger partial charge is 0.258 e. The van der Waals surface area contributed by atoms with E-state index in [1.165, 1.54) is 5.56 Å². The van der Waals surface area contributed by atoms with Gasteiger partial charge in [0.15, 0.2) is 0 Å². The number of hydrogen-bond donors (Lipinski definition) is 1. The van der Waals surface area contributed by atoms with Crippen molar-refractivity contribution in [3.63, 3.8) is 0 Å². The van der Waals surface area contributed by atoms with Crippen LogP contribution >= 0.6 is 0 Å². The molecule has 0 bridgehead atoms. The van der Waals surface area contributed by atoms with Crippen molar-refractivity contribution in [3.8, 4) is 0 Å². The number of nitrogens with zero attached hydrogens (tertiary/aromatic N) is 2. The van der Waals surface area contributed by atoms with Gasteiger partial charge in [-0.25, -0.2) is 0 Å². The molecular weight excluding hydrogens is 362 g/mol. The number of pyridine rings is 1. The van der Waals surface area contributed by atoms with Gasteiger partial charge in [0.2, 0.25) is 5.91 Å². The van der Waals surface area contributed by atoms with Crippen molar-refractivity contribution < 1.29 is 4.79 Å². The molecule has 2 heterocycles. The Hall–Kier alpha value is -2.92. The lowest BCUT2D eigenvalue weighted by Crippen LogP contribution is -2.37. The fourth-order valence-corrected chi connectivity index (χ4v) is 4.29. The number of benzene rings is 2. The maximum absolute atomic E-state index is 13.1. The van der Waals surface area contributed by atoms with Gasteiger partial charge in [-0.3, -0.25) is 14.5 Å². The molecule has 1 fully saturated rings. The lowest BCUT2D eigenvalue weighted by molar-refractivity contribution is -0.119. The van der Waals surface area contributed by atoms with Crippen molar-refractivity contribution in [2.45, 2.75) is 32.4 Å². The minimum atomic E-state index is -0.0875. The van der Waals surface area contributed by atoms with Crippen molar-refractivity contribution in [3.05, 3.63) is 76.7 Å². The average molecular weight is 389 g/mol. The van der Waals surface area contributed by atoms with Gasteiger partial charge in [-0.05, 0) is 44.0 Å². The summed E-state index contributed by atoms with van der Waals surface area (Å²) in [5, 5.41) is 4.48. The van der Waals surface area contributed by atoms with Gasteiger partial charge in [0.05, 0.1) is 5.92 Å². The molecule has 1 N–H and O–H groups in total. The van der Waals surface area contributed by atoms with Crippen LogP contribution < -0.4 is 10.9 Å². The van der Waals surface area contributed by atoms with Crippen molar-refractivity contribution in [2.24, 2.45) is 13.0 Å². The maximum Gasteiger partial charge on any atom is 0.258 e. The van der Waals surface area contributed by atoms with Gasteiger partial charge in [0, 0.05) is 48.3 Å². The lowest BCUT2D eigenvalue weighted by atomic mass is 9.95. The fraction of sp³-hybridized carbons (Fsp3) is 0.333. The van der Waals surface area contributed by atoms with Crippen LogP contribution in [0, 0.1) is 5.92 Å². The summed E-state index contributed by atoms with van der Waals surface area (Å²) in [6.45, 7) is 5.96. The molecule has 0 radical (unpaired) electrons. The Morgan fingerprint density at radius 3 is 2.59 bits per heavy atom. The minimum absolute atomic E-state index is 0.0156. The van der Waals surface area contributed by atoms with Crippen molar-refractivity contribution in [1.82, 2.24) is 9.47 Å². The number of aryl methyl sites for hydroxylation is 1. The molecule has 5 heteroatoms. The Labute approximate surface area is 171 Å². The summed E-state index contributed by atoms with van der Waals surface area (Å²) in [5.41, 5.74) is 1.85. The van der Waals surface area contributed by atoms with Crippen LogP contribution in [0.15, 0.2) is 65.6 Å². The zero-order valence-electron chi connectivity index (χ0n) is 17.2. The van der Waals surface area contributed by atoms with E-state index in [1.54, 1.807) is 23.9 Å². The second kappa shape index (κ2) is 7.48. The van der Waals surface area contributed by atoms with Gasteiger partial charge in [-0.15, -0.1) is 0 Å². The monoisotopic (exact) mass is 389 g/mol. The molecule has 2 aromatic carbocycles. The molecule has 3 aromatic rings. The summed E-state index contributed by atoms with van der Waals surface area (Å²) in [5.74, 6) is -0.0719. The van der Waals surface area contributed by atoms with Gasteiger partial charge >= 0.3 is 0 Å². The molecule has 1 amide bonds. The average Bonchev–Trinajstić information content (AvgIpc) is 3.00. The molecule has 0 aliphatic carbocycles. The molecule has 4 rings (SSSR count). The second-order valence-electron chi connectivity index (χ2n) is 8.57. The van der Waals surface area contributed by atoms with E-state index in [-0.39, 0.29) is 22.9 Å². The van der Waals surface area contributed by atoms with Crippen LogP contribution in [0.3, 0.4) is 0 Å². The number of nitrogens with one attached hydrogen (secondary N) is 1. The van der Waals surface area contributed by atoms with Gasteiger partial charge in [0.25, 0.3) is 5.56 Å². The molecule has 1 unspecified atom stereocenters. The largest absolute Gasteiger partial charge is 0.325 e. The van der Waals surface area contributed by atoms with E-state index in [0.29, 0.717) is 11.1 Å². The topological polar surface area (TPSA) is 54.3 Å². The number of hydrogen-bond acceptors (Lipinski definition) is 3. The summed E-state index contributed by atoms with van der Waals surface area (Å²) >= 11 is 0. The molecular formula is C24H27N3O2. The first-order valence-electron chi connectivity index (χ1n) is 10.0. The fourth-order valence-electron chi connectivity index (χ4n) is 4.29. The highest BCUT2D eigenvalue weighted by Crippen LogP contribution is 2.35. The molecule has 5 nitrogen and oxygen atoms in total. The van der Waals surface area contributed by atoms with E-state index in [2.05, 4.69) is 36.2 Å². The number of fused-ring (bicyclic) bond motifs is 1. The van der Waals surface area contributed by atoms with E-state index in [4.69, 9.17) is 0 Å². The van der Waals surface area contributed by atoms with Crippen LogP contribution in [0.1, 0.15) is 25.8 Å². The minimum Gasteiger partial charge on any atom is -0.325 e. The molecule has 1 saturated heterocycles. The van der Waals surface area contributed by atoms with Gasteiger partial charge < -0.3 is 9.88 Å². The van der Waals surface area contributed by atoms with Crippen molar-refractivity contribution >= 4 is 22.4 Å². The Morgan fingerprint density at radius 1 is 1.07 bits per heavy atom. The van der Waals surface area contributed by atoms with Gasteiger partial charge in [-0.1, -0.05) is 36.4 Å². The van der Waals surface area contributed by atoms with E-state index in [0.717, 1.165) is 24.9 Å². The summed E-state index contributed by atoms with van der Waals surface area (Å²) in [6, 6.07) is 17.7. The highest BCUT2D eigenvalue weighted by atomic mass is 16.2. The third kappa shape index (κ3) is 3.83. The van der Waals surface area contributed by atoms with E-state index in [1.807, 2.05) is 36.4 Å². The first kappa shape index (κ1) is 19.4. The van der Waals surface area contributed by atoms with E-state index >= 15 is 0 Å². The summed E-state index contributed by atoms with van der Waals surface area (Å²) in [6.07, 6.45) is 2.54. The lowest BCUT2D eigenvalue weighted by Gasteiger charge is -2.31. The summed E-state index contributed by atoms with van der Waals surface area (Å²) in [7, 11) is 1.73.